The third-order valence-electron chi connectivity index (χ3n) is 5.10. The van der Waals surface area contributed by atoms with Crippen LogP contribution < -0.4 is 10.2 Å². The maximum atomic E-state index is 12.6. The lowest BCUT2D eigenvalue weighted by Crippen LogP contribution is -2.44. The van der Waals surface area contributed by atoms with Crippen molar-refractivity contribution in [3.8, 4) is 0 Å². The van der Waals surface area contributed by atoms with Gasteiger partial charge in [-0.2, -0.15) is 0 Å². The van der Waals surface area contributed by atoms with Crippen molar-refractivity contribution in [2.45, 2.75) is 44.6 Å². The lowest BCUT2D eigenvalue weighted by molar-refractivity contribution is 0.0703. The van der Waals surface area contributed by atoms with Crippen molar-refractivity contribution in [2.75, 3.05) is 38.1 Å². The van der Waals surface area contributed by atoms with Gasteiger partial charge in [0.25, 0.3) is 5.91 Å². The van der Waals surface area contributed by atoms with Gasteiger partial charge in [-0.1, -0.05) is 12.8 Å². The molecule has 0 atom stereocenters. The van der Waals surface area contributed by atoms with Crippen molar-refractivity contribution >= 4 is 36.5 Å². The molecule has 3 rings (SSSR count). The van der Waals surface area contributed by atoms with Gasteiger partial charge >= 0.3 is 0 Å². The fourth-order valence-electron chi connectivity index (χ4n) is 3.56. The molecule has 3 heterocycles. The number of carbonyl (C=O) groups is 1. The first-order valence-electron chi connectivity index (χ1n) is 8.94. The van der Waals surface area contributed by atoms with Crippen molar-refractivity contribution in [1.82, 2.24) is 15.2 Å². The Kier molecular flexibility index (Phi) is 9.54. The first-order chi connectivity index (χ1) is 11.3. The molecule has 0 unspecified atom stereocenters. The second kappa shape index (κ2) is 10.8. The lowest BCUT2D eigenvalue weighted by atomic mass is 10.0. The van der Waals surface area contributed by atoms with Crippen LogP contribution in [0.5, 0.6) is 0 Å². The van der Waals surface area contributed by atoms with Gasteiger partial charge in [0.1, 0.15) is 5.82 Å². The molecular formula is C18H30Cl2N4O. The van der Waals surface area contributed by atoms with Crippen molar-refractivity contribution in [3.05, 3.63) is 23.9 Å². The van der Waals surface area contributed by atoms with Crippen LogP contribution in [0.2, 0.25) is 0 Å². The van der Waals surface area contributed by atoms with Crippen molar-refractivity contribution in [1.29, 1.82) is 0 Å². The average Bonchev–Trinajstić information content (AvgIpc) is 2.91. The molecule has 0 radical (unpaired) electrons. The monoisotopic (exact) mass is 388 g/mol. The zero-order valence-electron chi connectivity index (χ0n) is 14.9. The Morgan fingerprint density at radius 3 is 2.32 bits per heavy atom. The van der Waals surface area contributed by atoms with E-state index in [0.717, 1.165) is 44.8 Å². The number of nitrogens with zero attached hydrogens (tertiary/aromatic N) is 3. The number of aromatic nitrogens is 1. The number of piperidine rings is 1. The van der Waals surface area contributed by atoms with Crippen molar-refractivity contribution in [2.24, 2.45) is 0 Å². The minimum Gasteiger partial charge on any atom is -0.357 e. The maximum Gasteiger partial charge on any atom is 0.255 e. The zero-order chi connectivity index (χ0) is 16.1. The molecule has 1 aromatic rings. The van der Waals surface area contributed by atoms with E-state index < -0.39 is 0 Å². The van der Waals surface area contributed by atoms with Crippen LogP contribution in [0, 0.1) is 0 Å². The predicted octanol–water partition coefficient (Wildman–Crippen LogP) is 3.13. The normalized spacial score (nSPS) is 18.5. The van der Waals surface area contributed by atoms with E-state index in [1.807, 2.05) is 24.1 Å². The minimum atomic E-state index is 0. The number of pyridine rings is 1. The number of amides is 1. The van der Waals surface area contributed by atoms with Crippen LogP contribution in [0.25, 0.3) is 0 Å². The number of hydrogen-bond donors (Lipinski definition) is 1. The van der Waals surface area contributed by atoms with Crippen LogP contribution >= 0.6 is 24.8 Å². The molecule has 2 saturated heterocycles. The molecule has 0 aromatic carbocycles. The molecule has 2 aliphatic heterocycles. The molecule has 2 fully saturated rings. The highest BCUT2D eigenvalue weighted by Crippen LogP contribution is 2.19. The second-order valence-electron chi connectivity index (χ2n) is 6.70. The summed E-state index contributed by atoms with van der Waals surface area (Å²) in [6.07, 6.45) is 8.91. The molecule has 1 N–H and O–H groups in total. The molecule has 2 aliphatic rings. The topological polar surface area (TPSA) is 48.5 Å². The van der Waals surface area contributed by atoms with E-state index in [1.54, 1.807) is 6.20 Å². The molecule has 1 aromatic heterocycles. The third-order valence-corrected chi connectivity index (χ3v) is 5.10. The summed E-state index contributed by atoms with van der Waals surface area (Å²) in [5.41, 5.74) is 0.699. The molecule has 0 aliphatic carbocycles. The number of halogens is 2. The fourth-order valence-corrected chi connectivity index (χ4v) is 3.56. The van der Waals surface area contributed by atoms with Crippen LogP contribution in [-0.4, -0.2) is 55.1 Å². The van der Waals surface area contributed by atoms with E-state index in [2.05, 4.69) is 15.2 Å². The summed E-state index contributed by atoms with van der Waals surface area (Å²) in [6.45, 7) is 4.15. The minimum absolute atomic E-state index is 0. The number of nitrogens with one attached hydrogen (secondary N) is 1. The average molecular weight is 389 g/mol. The summed E-state index contributed by atoms with van der Waals surface area (Å²) in [4.78, 5) is 21.4. The van der Waals surface area contributed by atoms with Gasteiger partial charge in [-0.3, -0.25) is 4.79 Å². The van der Waals surface area contributed by atoms with Crippen molar-refractivity contribution < 1.29 is 4.79 Å². The Morgan fingerprint density at radius 1 is 1.12 bits per heavy atom. The van der Waals surface area contributed by atoms with Crippen LogP contribution in [-0.2, 0) is 0 Å². The van der Waals surface area contributed by atoms with Crippen molar-refractivity contribution in [3.63, 3.8) is 0 Å². The number of anilines is 1. The first kappa shape index (κ1) is 22.0. The van der Waals surface area contributed by atoms with Crippen LogP contribution in [0.1, 0.15) is 48.9 Å². The van der Waals surface area contributed by atoms with Crippen LogP contribution in [0.15, 0.2) is 18.3 Å². The van der Waals surface area contributed by atoms with Gasteiger partial charge in [0.15, 0.2) is 0 Å². The van der Waals surface area contributed by atoms with E-state index in [1.165, 1.54) is 25.7 Å². The number of carbonyl (C=O) groups excluding carboxylic acids is 1. The highest BCUT2D eigenvalue weighted by Gasteiger charge is 2.23. The Hall–Kier alpha value is -1.04. The maximum absolute atomic E-state index is 12.6. The molecule has 5 nitrogen and oxygen atoms in total. The summed E-state index contributed by atoms with van der Waals surface area (Å²) < 4.78 is 0. The van der Waals surface area contributed by atoms with Crippen LogP contribution in [0.4, 0.5) is 5.82 Å². The van der Waals surface area contributed by atoms with E-state index in [0.29, 0.717) is 11.6 Å². The van der Waals surface area contributed by atoms with E-state index in [4.69, 9.17) is 0 Å². The quantitative estimate of drug-likeness (QED) is 0.863. The number of rotatable bonds is 3. The molecule has 0 bridgehead atoms. The van der Waals surface area contributed by atoms with Gasteiger partial charge in [-0.15, -0.1) is 24.8 Å². The predicted molar refractivity (Wildman–Crippen MR) is 107 cm³/mol. The highest BCUT2D eigenvalue weighted by atomic mass is 35.5. The molecular weight excluding hydrogens is 359 g/mol. The van der Waals surface area contributed by atoms with Gasteiger partial charge < -0.3 is 15.1 Å². The summed E-state index contributed by atoms with van der Waals surface area (Å²) >= 11 is 0. The molecule has 0 spiro atoms. The summed E-state index contributed by atoms with van der Waals surface area (Å²) in [7, 11) is 1.92. The summed E-state index contributed by atoms with van der Waals surface area (Å²) in [5.74, 6) is 1.10. The van der Waals surface area contributed by atoms with Gasteiger partial charge in [0, 0.05) is 32.4 Å². The van der Waals surface area contributed by atoms with Gasteiger partial charge in [-0.25, -0.2) is 4.98 Å². The zero-order valence-corrected chi connectivity index (χ0v) is 16.6. The largest absolute Gasteiger partial charge is 0.357 e. The Morgan fingerprint density at radius 2 is 1.76 bits per heavy atom. The fraction of sp³-hybridized carbons (Fsp3) is 0.667. The smallest absolute Gasteiger partial charge is 0.255 e. The molecule has 1 amide bonds. The molecule has 0 saturated carbocycles. The first-order valence-corrected chi connectivity index (χ1v) is 8.94. The Balaban J connectivity index is 0.00000156. The summed E-state index contributed by atoms with van der Waals surface area (Å²) in [6, 6.07) is 4.29. The Labute approximate surface area is 163 Å². The van der Waals surface area contributed by atoms with Gasteiger partial charge in [0.05, 0.1) is 5.56 Å². The number of hydrogen-bond acceptors (Lipinski definition) is 4. The Bertz CT molecular complexity index is 512. The van der Waals surface area contributed by atoms with E-state index in [9.17, 15) is 4.79 Å². The summed E-state index contributed by atoms with van der Waals surface area (Å²) in [5, 5.41) is 3.34. The van der Waals surface area contributed by atoms with E-state index >= 15 is 0 Å². The lowest BCUT2D eigenvalue weighted by Gasteiger charge is -2.31. The standard InChI is InChI=1S/C18H28N4O.2ClH/c1-21(16-8-10-19-11-9-16)18(23)15-6-7-17(20-14-15)22-12-4-2-3-5-13-22;;/h6-7,14,16,19H,2-5,8-13H2,1H3;2*1H. The van der Waals surface area contributed by atoms with Gasteiger partial charge in [-0.05, 0) is 50.9 Å². The van der Waals surface area contributed by atoms with Crippen LogP contribution in [0.3, 0.4) is 0 Å². The highest BCUT2D eigenvalue weighted by molar-refractivity contribution is 5.94. The molecule has 142 valence electrons. The molecule has 25 heavy (non-hydrogen) atoms. The van der Waals surface area contributed by atoms with Gasteiger partial charge in [0.2, 0.25) is 0 Å². The SMILES string of the molecule is CN(C(=O)c1ccc(N2CCCCCC2)nc1)C1CCNCC1.Cl.Cl. The second-order valence-corrected chi connectivity index (χ2v) is 6.70. The van der Waals surface area contributed by atoms with E-state index in [-0.39, 0.29) is 30.7 Å². The molecule has 7 heteroatoms. The third kappa shape index (κ3) is 5.73.